The third-order valence-corrected chi connectivity index (χ3v) is 9.72. The summed E-state index contributed by atoms with van der Waals surface area (Å²) in [5.74, 6) is 1.81. The van der Waals surface area contributed by atoms with Crippen molar-refractivity contribution in [1.29, 1.82) is 0 Å². The van der Waals surface area contributed by atoms with Crippen LogP contribution in [0.15, 0.2) is 91.3 Å². The number of hydrogen-bond acceptors (Lipinski definition) is 5. The molecule has 44 heavy (non-hydrogen) atoms. The molecular weight excluding hydrogens is 550 g/mol. The number of imidazole rings is 1. The molecule has 0 radical (unpaired) electrons. The van der Waals surface area contributed by atoms with Gasteiger partial charge in [0.25, 0.3) is 5.91 Å². The number of benzene rings is 3. The molecule has 8 heteroatoms. The van der Waals surface area contributed by atoms with E-state index in [4.69, 9.17) is 9.72 Å². The Bertz CT molecular complexity index is 1620. The number of aromatic nitrogens is 2. The van der Waals surface area contributed by atoms with Gasteiger partial charge in [-0.05, 0) is 60.7 Å². The number of fused-ring (bicyclic) bond motifs is 3. The van der Waals surface area contributed by atoms with Crippen LogP contribution >= 0.6 is 0 Å². The van der Waals surface area contributed by atoms with E-state index in [0.29, 0.717) is 18.7 Å². The summed E-state index contributed by atoms with van der Waals surface area (Å²) >= 11 is 0. The van der Waals surface area contributed by atoms with Crippen LogP contribution in [0.3, 0.4) is 0 Å². The lowest BCUT2D eigenvalue weighted by Crippen LogP contribution is -2.50. The molecule has 7 rings (SSSR count). The molecule has 1 saturated heterocycles. The Balaban J connectivity index is 1.15. The van der Waals surface area contributed by atoms with Crippen molar-refractivity contribution < 1.29 is 14.3 Å². The number of amides is 2. The zero-order valence-electron chi connectivity index (χ0n) is 25.1. The standard InChI is InChI=1S/C36H39N5O3/c1-44-26-17-15-24(16-18-26)23-40-22-20-37-34(40)32-29-19-21-41(33(29)27-11-5-7-13-30(27)38-32)36(43)28-12-6-8-14-31(28)39-35(42)25-9-3-2-4-10-25/h2-5,7,9-11,13,15-18,20,22,28-29,31-33,38H,6,8,12,14,19,21,23H2,1H3,(H,39,42)/t28-,29+,31+,32+,33-/m0/s1. The van der Waals surface area contributed by atoms with Crippen LogP contribution < -0.4 is 15.4 Å². The van der Waals surface area contributed by atoms with Crippen LogP contribution in [0, 0.1) is 11.8 Å². The number of rotatable bonds is 7. The van der Waals surface area contributed by atoms with Gasteiger partial charge >= 0.3 is 0 Å². The summed E-state index contributed by atoms with van der Waals surface area (Å²) in [5, 5.41) is 7.04. The molecule has 3 heterocycles. The minimum Gasteiger partial charge on any atom is -0.497 e. The van der Waals surface area contributed by atoms with E-state index in [1.807, 2.05) is 60.9 Å². The number of likely N-dealkylation sites (tertiary alicyclic amines) is 1. The molecule has 4 aromatic rings. The first kappa shape index (κ1) is 28.2. The van der Waals surface area contributed by atoms with Crippen LogP contribution in [0.5, 0.6) is 5.75 Å². The van der Waals surface area contributed by atoms with E-state index in [0.717, 1.165) is 54.9 Å². The molecule has 1 aliphatic carbocycles. The lowest BCUT2D eigenvalue weighted by Gasteiger charge is -2.41. The topological polar surface area (TPSA) is 88.5 Å². The monoisotopic (exact) mass is 589 g/mol. The first-order valence-electron chi connectivity index (χ1n) is 15.8. The maximum Gasteiger partial charge on any atom is 0.251 e. The number of nitrogens with one attached hydrogen (secondary N) is 2. The zero-order valence-corrected chi connectivity index (χ0v) is 25.1. The molecule has 3 aromatic carbocycles. The number of para-hydroxylation sites is 1. The van der Waals surface area contributed by atoms with E-state index >= 15 is 0 Å². The van der Waals surface area contributed by atoms with Crippen molar-refractivity contribution in [3.05, 3.63) is 114 Å². The van der Waals surface area contributed by atoms with Gasteiger partial charge in [-0.3, -0.25) is 9.59 Å². The minimum absolute atomic E-state index is 0.0408. The van der Waals surface area contributed by atoms with Crippen molar-refractivity contribution in [3.8, 4) is 5.75 Å². The second-order valence-electron chi connectivity index (χ2n) is 12.2. The van der Waals surface area contributed by atoms with Gasteiger partial charge in [-0.15, -0.1) is 0 Å². The maximum atomic E-state index is 14.5. The molecule has 0 unspecified atom stereocenters. The molecule has 1 aromatic heterocycles. The molecule has 2 fully saturated rings. The van der Waals surface area contributed by atoms with Crippen molar-refractivity contribution in [2.45, 2.75) is 56.8 Å². The normalized spacial score (nSPS) is 24.1. The Morgan fingerprint density at radius 2 is 1.73 bits per heavy atom. The second kappa shape index (κ2) is 12.2. The summed E-state index contributed by atoms with van der Waals surface area (Å²) in [6.45, 7) is 1.39. The summed E-state index contributed by atoms with van der Waals surface area (Å²) in [7, 11) is 1.68. The number of carbonyl (C=O) groups is 2. The SMILES string of the molecule is COc1ccc(Cn2ccnc2[C@@H]2Nc3ccccc3[C@H]3[C@@H]2CCN3C(=O)[C@H]2CCCC[C@H]2NC(=O)c2ccccc2)cc1. The highest BCUT2D eigenvalue weighted by Crippen LogP contribution is 2.51. The Morgan fingerprint density at radius 1 is 0.955 bits per heavy atom. The molecule has 5 atom stereocenters. The lowest BCUT2D eigenvalue weighted by molar-refractivity contribution is -0.138. The van der Waals surface area contributed by atoms with Crippen LogP contribution in [0.2, 0.25) is 0 Å². The van der Waals surface area contributed by atoms with Gasteiger partial charge < -0.3 is 24.8 Å². The van der Waals surface area contributed by atoms with Gasteiger partial charge in [0.15, 0.2) is 0 Å². The number of anilines is 1. The summed E-state index contributed by atoms with van der Waals surface area (Å²) < 4.78 is 7.55. The van der Waals surface area contributed by atoms with Gasteiger partial charge in [0, 0.05) is 48.7 Å². The highest BCUT2D eigenvalue weighted by atomic mass is 16.5. The van der Waals surface area contributed by atoms with E-state index < -0.39 is 0 Å². The Labute approximate surface area is 258 Å². The first-order valence-corrected chi connectivity index (χ1v) is 15.8. The van der Waals surface area contributed by atoms with Crippen LogP contribution in [0.25, 0.3) is 0 Å². The molecule has 2 amide bonds. The Hall–Kier alpha value is -4.59. The summed E-state index contributed by atoms with van der Waals surface area (Å²) in [6, 6.07) is 25.5. The maximum absolute atomic E-state index is 14.5. The molecule has 2 N–H and O–H groups in total. The molecule has 226 valence electrons. The molecular formula is C36H39N5O3. The van der Waals surface area contributed by atoms with Crippen LogP contribution in [-0.2, 0) is 11.3 Å². The molecule has 3 aliphatic rings. The smallest absolute Gasteiger partial charge is 0.251 e. The largest absolute Gasteiger partial charge is 0.497 e. The van der Waals surface area contributed by atoms with Gasteiger partial charge in [-0.1, -0.05) is 61.4 Å². The number of nitrogens with zero attached hydrogens (tertiary/aromatic N) is 3. The van der Waals surface area contributed by atoms with Gasteiger partial charge in [0.05, 0.1) is 25.1 Å². The fraction of sp³-hybridized carbons (Fsp3) is 0.361. The predicted octanol–water partition coefficient (Wildman–Crippen LogP) is 5.99. The number of methoxy groups -OCH3 is 1. The highest BCUT2D eigenvalue weighted by Gasteiger charge is 2.49. The van der Waals surface area contributed by atoms with Crippen LogP contribution in [-0.4, -0.2) is 46.0 Å². The average Bonchev–Trinajstić information content (AvgIpc) is 3.73. The van der Waals surface area contributed by atoms with E-state index in [-0.39, 0.29) is 41.8 Å². The van der Waals surface area contributed by atoms with Gasteiger partial charge in [-0.2, -0.15) is 0 Å². The number of carbonyl (C=O) groups excluding carboxylic acids is 2. The minimum atomic E-state index is -0.229. The van der Waals surface area contributed by atoms with Crippen molar-refractivity contribution in [1.82, 2.24) is 19.8 Å². The Morgan fingerprint density at radius 3 is 2.55 bits per heavy atom. The predicted molar refractivity (Wildman–Crippen MR) is 169 cm³/mol. The Kier molecular flexibility index (Phi) is 7.81. The fourth-order valence-electron chi connectivity index (χ4n) is 7.54. The van der Waals surface area contributed by atoms with Crippen LogP contribution in [0.4, 0.5) is 5.69 Å². The van der Waals surface area contributed by atoms with Crippen molar-refractivity contribution >= 4 is 17.5 Å². The third-order valence-electron chi connectivity index (χ3n) is 9.72. The second-order valence-corrected chi connectivity index (χ2v) is 12.2. The van der Waals surface area contributed by atoms with E-state index in [2.05, 4.69) is 50.4 Å². The van der Waals surface area contributed by atoms with E-state index in [9.17, 15) is 9.59 Å². The number of hydrogen-bond donors (Lipinski definition) is 2. The summed E-state index contributed by atoms with van der Waals surface area (Å²) in [6.07, 6.45) is 8.42. The molecule has 8 nitrogen and oxygen atoms in total. The van der Waals surface area contributed by atoms with Crippen molar-refractivity contribution in [3.63, 3.8) is 0 Å². The third kappa shape index (κ3) is 5.34. The molecule has 0 bridgehead atoms. The lowest BCUT2D eigenvalue weighted by atomic mass is 9.80. The van der Waals surface area contributed by atoms with Crippen molar-refractivity contribution in [2.75, 3.05) is 19.0 Å². The van der Waals surface area contributed by atoms with E-state index in [1.54, 1.807) is 7.11 Å². The van der Waals surface area contributed by atoms with Gasteiger partial charge in [0.2, 0.25) is 5.91 Å². The fourth-order valence-corrected chi connectivity index (χ4v) is 7.54. The number of ether oxygens (including phenoxy) is 1. The van der Waals surface area contributed by atoms with Gasteiger partial charge in [-0.25, -0.2) is 4.98 Å². The van der Waals surface area contributed by atoms with Crippen LogP contribution in [0.1, 0.15) is 71.5 Å². The molecule has 2 aliphatic heterocycles. The average molecular weight is 590 g/mol. The molecule has 1 saturated carbocycles. The highest BCUT2D eigenvalue weighted by molar-refractivity contribution is 5.95. The quantitative estimate of drug-likeness (QED) is 0.277. The first-order chi connectivity index (χ1) is 21.6. The van der Waals surface area contributed by atoms with Crippen molar-refractivity contribution in [2.24, 2.45) is 11.8 Å². The van der Waals surface area contributed by atoms with E-state index in [1.165, 1.54) is 5.56 Å². The summed E-state index contributed by atoms with van der Waals surface area (Å²) in [5.41, 5.74) is 4.01. The van der Waals surface area contributed by atoms with Gasteiger partial charge in [0.1, 0.15) is 11.6 Å². The zero-order chi connectivity index (χ0) is 30.0. The molecule has 0 spiro atoms. The summed E-state index contributed by atoms with van der Waals surface area (Å²) in [4.78, 5) is 34.6.